The monoisotopic (exact) mass is 943 g/mol. The van der Waals surface area contributed by atoms with E-state index in [-0.39, 0.29) is 37.6 Å². The Labute approximate surface area is 353 Å². The maximum atomic E-state index is 14.3. The van der Waals surface area contributed by atoms with Crippen molar-refractivity contribution in [2.24, 2.45) is 0 Å². The maximum absolute atomic E-state index is 14.3. The summed E-state index contributed by atoms with van der Waals surface area (Å²) in [7, 11) is 0. The number of aromatic nitrogens is 1. The Morgan fingerprint density at radius 3 is 1.82 bits per heavy atom. The van der Waals surface area contributed by atoms with Gasteiger partial charge in [-0.05, 0) is 105 Å². The normalized spacial score (nSPS) is 10.8. The highest BCUT2D eigenvalue weighted by atomic mass is 79.9. The zero-order chi connectivity index (χ0) is 41.4. The molecule has 0 aliphatic carbocycles. The Morgan fingerprint density at radius 2 is 1.25 bits per heavy atom. The molecule has 1 heterocycles. The molecule has 0 spiro atoms. The molecule has 7 nitrogen and oxygen atoms in total. The number of carboxylic acid groups (broad SMARTS) is 1. The van der Waals surface area contributed by atoms with E-state index in [1.54, 1.807) is 59.2 Å². The summed E-state index contributed by atoms with van der Waals surface area (Å²) in [6, 6.07) is 26.7. The van der Waals surface area contributed by atoms with Crippen LogP contribution in [-0.4, -0.2) is 27.2 Å². The molecule has 0 saturated heterocycles. The Bertz CT molecular complexity index is 2470. The quantitative estimate of drug-likeness (QED) is 0.116. The topological polar surface area (TPSA) is 94.8 Å². The number of nitrogens with zero attached hydrogens (tertiary/aromatic N) is 1. The van der Waals surface area contributed by atoms with Gasteiger partial charge in [0.1, 0.15) is 47.9 Å². The SMILES string of the molecule is CC(=O)CCC(=O)c1cc(Cl)ccc1OCc1ccc(Br)cc1F.Cc1ccc(-c2cc(Cl)ccc2OCc2ccc(Br)cc2F)n1-c1ccc(F)c(C(=O)O)c1. The number of benzene rings is 5. The lowest BCUT2D eigenvalue weighted by Crippen LogP contribution is -2.07. The van der Waals surface area contributed by atoms with Crippen LogP contribution >= 0.6 is 55.1 Å². The number of hydrogen-bond acceptors (Lipinski definition) is 5. The summed E-state index contributed by atoms with van der Waals surface area (Å²) in [5, 5.41) is 10.2. The number of carbonyl (C=O) groups excluding carboxylic acids is 2. The minimum atomic E-state index is -1.36. The van der Waals surface area contributed by atoms with E-state index in [9.17, 15) is 32.7 Å². The van der Waals surface area contributed by atoms with Crippen molar-refractivity contribution in [1.29, 1.82) is 0 Å². The Hall–Kier alpha value is -4.88. The second-order valence-corrected chi connectivity index (χ2v) is 15.3. The number of Topliss-reactive ketones (excluding diaryl/α,β-unsaturated/α-hetero) is 2. The van der Waals surface area contributed by atoms with Crippen molar-refractivity contribution >= 4 is 72.6 Å². The lowest BCUT2D eigenvalue weighted by Gasteiger charge is -2.17. The van der Waals surface area contributed by atoms with Gasteiger partial charge >= 0.3 is 5.97 Å². The molecule has 0 amide bonds. The summed E-state index contributed by atoms with van der Waals surface area (Å²) in [6.07, 6.45) is 0.241. The largest absolute Gasteiger partial charge is 0.488 e. The molecule has 0 atom stereocenters. The van der Waals surface area contributed by atoms with E-state index >= 15 is 0 Å². The zero-order valence-corrected chi connectivity index (χ0v) is 34.9. The third-order valence-electron chi connectivity index (χ3n) is 8.47. The molecule has 6 aromatic rings. The molecular formula is C43H32Br2Cl2F3NO6. The van der Waals surface area contributed by atoms with Gasteiger partial charge in [-0.3, -0.25) is 4.79 Å². The number of aryl methyl sites for hydroxylation is 1. The van der Waals surface area contributed by atoms with Crippen LogP contribution in [0.2, 0.25) is 10.0 Å². The molecule has 14 heteroatoms. The first-order chi connectivity index (χ1) is 27.1. The maximum Gasteiger partial charge on any atom is 0.338 e. The zero-order valence-electron chi connectivity index (χ0n) is 30.2. The molecule has 5 aromatic carbocycles. The van der Waals surface area contributed by atoms with Crippen LogP contribution in [0.4, 0.5) is 13.2 Å². The summed E-state index contributed by atoms with van der Waals surface area (Å²) >= 11 is 18.6. The highest BCUT2D eigenvalue weighted by Crippen LogP contribution is 2.37. The lowest BCUT2D eigenvalue weighted by molar-refractivity contribution is -0.117. The Balaban J connectivity index is 0.000000230. The Morgan fingerprint density at radius 1 is 0.667 bits per heavy atom. The van der Waals surface area contributed by atoms with Crippen LogP contribution < -0.4 is 9.47 Å². The number of ketones is 2. The number of aromatic carboxylic acids is 1. The molecule has 0 aliphatic heterocycles. The number of carbonyl (C=O) groups is 3. The third kappa shape index (κ3) is 11.4. The van der Waals surface area contributed by atoms with E-state index in [4.69, 9.17) is 32.7 Å². The fourth-order valence-electron chi connectivity index (χ4n) is 5.59. The van der Waals surface area contributed by atoms with Gasteiger partial charge in [0, 0.05) is 59.9 Å². The second-order valence-electron chi connectivity index (χ2n) is 12.6. The van der Waals surface area contributed by atoms with E-state index in [2.05, 4.69) is 31.9 Å². The first kappa shape index (κ1) is 43.2. The predicted molar refractivity (Wildman–Crippen MR) is 220 cm³/mol. The minimum absolute atomic E-state index is 0.00680. The van der Waals surface area contributed by atoms with Gasteiger partial charge in [-0.25, -0.2) is 18.0 Å². The van der Waals surface area contributed by atoms with Gasteiger partial charge < -0.3 is 23.9 Å². The average Bonchev–Trinajstić information content (AvgIpc) is 3.55. The van der Waals surface area contributed by atoms with Gasteiger partial charge in [-0.2, -0.15) is 0 Å². The molecule has 57 heavy (non-hydrogen) atoms. The van der Waals surface area contributed by atoms with Crippen molar-refractivity contribution in [2.45, 2.75) is 39.9 Å². The molecule has 294 valence electrons. The number of rotatable bonds is 13. The summed E-state index contributed by atoms with van der Waals surface area (Å²) in [4.78, 5) is 34.8. The second kappa shape index (κ2) is 19.5. The molecule has 1 N–H and O–H groups in total. The van der Waals surface area contributed by atoms with E-state index in [0.717, 1.165) is 11.8 Å². The molecule has 6 rings (SSSR count). The summed E-state index contributed by atoms with van der Waals surface area (Å²) < 4.78 is 56.7. The molecule has 1 aromatic heterocycles. The van der Waals surface area contributed by atoms with Gasteiger partial charge in [0.05, 0.1) is 16.8 Å². The Kier molecular flexibility index (Phi) is 14.8. The minimum Gasteiger partial charge on any atom is -0.488 e. The van der Waals surface area contributed by atoms with E-state index < -0.39 is 29.0 Å². The predicted octanol–water partition coefficient (Wildman–Crippen LogP) is 12.8. The lowest BCUT2D eigenvalue weighted by atomic mass is 10.0. The van der Waals surface area contributed by atoms with Crippen LogP contribution in [0.25, 0.3) is 16.9 Å². The summed E-state index contributed by atoms with van der Waals surface area (Å²) in [5.74, 6) is -2.50. The van der Waals surface area contributed by atoms with Crippen molar-refractivity contribution in [2.75, 3.05) is 0 Å². The van der Waals surface area contributed by atoms with Gasteiger partial charge in [-0.15, -0.1) is 0 Å². The van der Waals surface area contributed by atoms with Crippen LogP contribution in [0, 0.1) is 24.4 Å². The highest BCUT2D eigenvalue weighted by molar-refractivity contribution is 9.10. The van der Waals surface area contributed by atoms with Crippen molar-refractivity contribution < 1.29 is 42.1 Å². The fourth-order valence-corrected chi connectivity index (χ4v) is 6.61. The summed E-state index contributed by atoms with van der Waals surface area (Å²) in [6.45, 7) is 3.25. The number of carboxylic acids is 1. The van der Waals surface area contributed by atoms with Gasteiger partial charge in [0.15, 0.2) is 5.78 Å². The van der Waals surface area contributed by atoms with Crippen molar-refractivity contribution in [3.63, 3.8) is 0 Å². The first-order valence-corrected chi connectivity index (χ1v) is 19.4. The smallest absolute Gasteiger partial charge is 0.338 e. The standard InChI is InChI=1S/C25H17BrClF2NO3.C18H15BrClFO3/c1-14-2-8-23(30(14)18-6-7-21(28)19(12-18)25(31)32)20-11-17(27)5-9-24(20)33-13-15-3-4-16(26)10-22(15)29;1-11(22)2-6-17(23)15-9-14(20)5-7-18(15)24-10-12-3-4-13(19)8-16(12)21/h2-12H,13H2,1H3,(H,31,32);3-5,7-9H,2,6,10H2,1H3. The van der Waals surface area contributed by atoms with Crippen LogP contribution in [-0.2, 0) is 18.0 Å². The van der Waals surface area contributed by atoms with E-state index in [0.29, 0.717) is 64.1 Å². The number of halogens is 7. The molecular weight excluding hydrogens is 914 g/mol. The third-order valence-corrected chi connectivity index (χ3v) is 9.93. The first-order valence-electron chi connectivity index (χ1n) is 17.1. The van der Waals surface area contributed by atoms with Crippen molar-refractivity contribution in [3.8, 4) is 28.4 Å². The van der Waals surface area contributed by atoms with Crippen LogP contribution in [0.1, 0.15) is 57.3 Å². The molecule has 0 saturated carbocycles. The van der Waals surface area contributed by atoms with Crippen LogP contribution in [0.15, 0.2) is 112 Å². The number of hydrogen-bond donors (Lipinski definition) is 1. The van der Waals surface area contributed by atoms with Crippen LogP contribution in [0.5, 0.6) is 11.5 Å². The fraction of sp³-hybridized carbons (Fsp3) is 0.140. The van der Waals surface area contributed by atoms with Gasteiger partial charge in [0.2, 0.25) is 0 Å². The molecule has 0 radical (unpaired) electrons. The highest BCUT2D eigenvalue weighted by Gasteiger charge is 2.19. The number of ether oxygens (including phenoxy) is 2. The van der Waals surface area contributed by atoms with Crippen LogP contribution in [0.3, 0.4) is 0 Å². The van der Waals surface area contributed by atoms with Crippen molar-refractivity contribution in [3.05, 3.63) is 168 Å². The summed E-state index contributed by atoms with van der Waals surface area (Å²) in [5.41, 5.74) is 3.15. The van der Waals surface area contributed by atoms with Gasteiger partial charge in [0.25, 0.3) is 0 Å². The molecule has 0 bridgehead atoms. The molecule has 0 aliphatic rings. The molecule has 0 unspecified atom stereocenters. The van der Waals surface area contributed by atoms with E-state index in [1.807, 2.05) is 19.1 Å². The average molecular weight is 946 g/mol. The molecule has 0 fully saturated rings. The van der Waals surface area contributed by atoms with Gasteiger partial charge in [-0.1, -0.05) is 67.2 Å². The van der Waals surface area contributed by atoms with Crippen molar-refractivity contribution in [1.82, 2.24) is 4.57 Å². The van der Waals surface area contributed by atoms with E-state index in [1.165, 1.54) is 37.3 Å².